The number of rotatable bonds is 9. The van der Waals surface area contributed by atoms with Gasteiger partial charge in [0.2, 0.25) is 5.95 Å². The predicted molar refractivity (Wildman–Crippen MR) is 335 cm³/mol. The molecule has 81 heavy (non-hydrogen) atoms. The van der Waals surface area contributed by atoms with Crippen LogP contribution in [-0.2, 0) is 0 Å². The van der Waals surface area contributed by atoms with Gasteiger partial charge in [-0.2, -0.15) is 9.97 Å². The normalized spacial score (nSPS) is 12.4. The van der Waals surface area contributed by atoms with Crippen LogP contribution in [0.3, 0.4) is 0 Å². The van der Waals surface area contributed by atoms with Crippen LogP contribution >= 0.6 is 0 Å². The molecule has 16 aromatic rings. The van der Waals surface area contributed by atoms with Crippen molar-refractivity contribution in [2.24, 2.45) is 0 Å². The van der Waals surface area contributed by atoms with E-state index in [0.717, 1.165) is 111 Å². The molecule has 16 rings (SSSR count). The van der Waals surface area contributed by atoms with Crippen LogP contribution in [0.2, 0.25) is 0 Å². The summed E-state index contributed by atoms with van der Waals surface area (Å²) in [6.45, 7) is 0. The molecule has 0 radical (unpaired) electrons. The zero-order valence-electron chi connectivity index (χ0n) is 47.6. The van der Waals surface area contributed by atoms with Gasteiger partial charge >= 0.3 is 0 Å². The summed E-state index contributed by atoms with van der Waals surface area (Å²) in [5.41, 5.74) is 17.0. The zero-order chi connectivity index (χ0) is 56.9. The van der Waals surface area contributed by atoms with E-state index >= 15 is 0 Å². The largest absolute Gasteiger partial charge is 0.309 e. The Morgan fingerprint density at radius 1 is 0.247 bits per heavy atom. The third-order valence-corrected chi connectivity index (χ3v) is 15.9. The minimum absolute atomic E-state index is 0.134. The summed E-state index contributed by atoms with van der Waals surface area (Å²) in [5.74, 6) is 0.942. The molecule has 0 aliphatic carbocycles. The molecule has 0 saturated carbocycles. The van der Waals surface area contributed by atoms with Crippen LogP contribution in [0.4, 0.5) is 0 Å². The van der Waals surface area contributed by atoms with E-state index in [2.05, 4.69) is 203 Å². The summed E-state index contributed by atoms with van der Waals surface area (Å²) in [5, 5.41) is 5.40. The molecule has 378 valence electrons. The first-order valence-electron chi connectivity index (χ1n) is 29.2. The Bertz CT molecular complexity index is 4890. The van der Waals surface area contributed by atoms with E-state index in [4.69, 9.17) is 17.7 Å². The molecule has 0 saturated heterocycles. The Hall–Kier alpha value is -11.0. The van der Waals surface area contributed by atoms with Crippen molar-refractivity contribution in [1.82, 2.24) is 28.7 Å². The van der Waals surface area contributed by atoms with E-state index in [1.54, 1.807) is 4.57 Å². The van der Waals surface area contributed by atoms with Gasteiger partial charge < -0.3 is 9.13 Å². The lowest BCUT2D eigenvalue weighted by atomic mass is 10.0. The molecule has 12 aromatic carbocycles. The van der Waals surface area contributed by atoms with Crippen molar-refractivity contribution in [2.75, 3.05) is 0 Å². The molecule has 0 aliphatic heterocycles. The van der Waals surface area contributed by atoms with E-state index in [-0.39, 0.29) is 35.6 Å². The number of nitrogens with zero attached hydrogens (tertiary/aromatic N) is 6. The smallest absolute Gasteiger partial charge is 0.238 e. The topological polar surface area (TPSA) is 53.5 Å². The van der Waals surface area contributed by atoms with E-state index < -0.39 is 0 Å². The molecular formula is C75H48N6. The summed E-state index contributed by atoms with van der Waals surface area (Å²) < 4.78 is 43.1. The monoisotopic (exact) mass is 1040 g/mol. The van der Waals surface area contributed by atoms with Crippen LogP contribution in [0.1, 0.15) is 5.48 Å². The van der Waals surface area contributed by atoms with Crippen LogP contribution in [0, 0.1) is 0 Å². The van der Waals surface area contributed by atoms with Crippen molar-refractivity contribution in [3.05, 3.63) is 291 Å². The lowest BCUT2D eigenvalue weighted by Gasteiger charge is -2.17. The molecule has 0 amide bonds. The fraction of sp³-hybridized carbons (Fsp3) is 0. The standard InChI is InChI=1S/C75H48N6/c1-5-21-49(22-6-1)53-37-41-69-61(45-53)62-46-54(50-23-7-2-8-24-50)38-42-70(62)79(69)67-35-19-15-31-59(67)73-76-74(78-75(77-73)81-65-33-17-13-29-57(65)58-30-14-18-34-66(58)81)60-32-16-20-36-68(60)80-71-43-39-55(51-25-9-3-10-26-51)47-63(71)64-48-56(40-44-72(64)80)52-27-11-4-12-28-52/h1-48H/i13D,17D,29D,33D. The van der Waals surface area contributed by atoms with Crippen molar-refractivity contribution in [3.63, 3.8) is 0 Å². The molecule has 6 heteroatoms. The molecule has 0 spiro atoms. The van der Waals surface area contributed by atoms with Crippen molar-refractivity contribution in [3.8, 4) is 84.6 Å². The van der Waals surface area contributed by atoms with Crippen LogP contribution in [-0.4, -0.2) is 28.7 Å². The molecule has 4 heterocycles. The fourth-order valence-corrected chi connectivity index (χ4v) is 12.1. The third-order valence-electron chi connectivity index (χ3n) is 15.9. The van der Waals surface area contributed by atoms with Gasteiger partial charge in [0.15, 0.2) is 11.6 Å². The van der Waals surface area contributed by atoms with Crippen molar-refractivity contribution in [2.45, 2.75) is 0 Å². The predicted octanol–water partition coefficient (Wildman–Crippen LogP) is 19.2. The van der Waals surface area contributed by atoms with Gasteiger partial charge in [0.05, 0.1) is 50.0 Å². The Balaban J connectivity index is 0.974. The van der Waals surface area contributed by atoms with Crippen LogP contribution < -0.4 is 0 Å². The van der Waals surface area contributed by atoms with E-state index in [1.165, 1.54) is 0 Å². The minimum Gasteiger partial charge on any atom is -0.309 e. The number of fused-ring (bicyclic) bond motifs is 9. The lowest BCUT2D eigenvalue weighted by molar-refractivity contribution is 0.950. The Labute approximate surface area is 473 Å². The summed E-state index contributed by atoms with van der Waals surface area (Å²) >= 11 is 0. The fourth-order valence-electron chi connectivity index (χ4n) is 12.1. The average molecular weight is 1040 g/mol. The highest BCUT2D eigenvalue weighted by molar-refractivity contribution is 6.14. The second-order valence-corrected chi connectivity index (χ2v) is 20.5. The second kappa shape index (κ2) is 18.9. The van der Waals surface area contributed by atoms with E-state index in [0.29, 0.717) is 27.9 Å². The molecule has 0 atom stereocenters. The Kier molecular flexibility index (Phi) is 9.83. The molecular weight excluding hydrogens is 985 g/mol. The quantitative estimate of drug-likeness (QED) is 0.145. The molecule has 0 bridgehead atoms. The minimum atomic E-state index is -0.346. The lowest BCUT2D eigenvalue weighted by Crippen LogP contribution is -2.09. The SMILES string of the molecule is [2H]c1c([2H])c([2H])c2c(c1[2H])c1ccccc1n2-c1nc(-c2ccccc2-n2c3ccc(-c4ccccc4)cc3c3cc(-c4ccccc4)ccc32)nc(-c2ccccc2-n2c3ccc(-c4ccccc4)cc3c3cc(-c4ccccc4)ccc32)n1. The maximum atomic E-state index is 9.54. The molecule has 0 aliphatic rings. The summed E-state index contributed by atoms with van der Waals surface area (Å²) in [7, 11) is 0. The van der Waals surface area contributed by atoms with E-state index in [1.807, 2.05) is 72.8 Å². The highest BCUT2D eigenvalue weighted by Crippen LogP contribution is 2.43. The zero-order valence-corrected chi connectivity index (χ0v) is 43.6. The van der Waals surface area contributed by atoms with Gasteiger partial charge in [-0.05, 0) is 129 Å². The van der Waals surface area contributed by atoms with Crippen molar-refractivity contribution >= 4 is 65.4 Å². The molecule has 0 fully saturated rings. The van der Waals surface area contributed by atoms with Gasteiger partial charge in [-0.3, -0.25) is 4.57 Å². The summed E-state index contributed by atoms with van der Waals surface area (Å²) in [4.78, 5) is 16.5. The van der Waals surface area contributed by atoms with E-state index in [9.17, 15) is 2.74 Å². The highest BCUT2D eigenvalue weighted by Gasteiger charge is 2.24. The Morgan fingerprint density at radius 3 is 1.01 bits per heavy atom. The van der Waals surface area contributed by atoms with Gasteiger partial charge in [-0.1, -0.05) is 206 Å². The molecule has 0 N–H and O–H groups in total. The molecule has 0 unspecified atom stereocenters. The number of hydrogen-bond donors (Lipinski definition) is 0. The number of benzene rings is 12. The number of hydrogen-bond acceptors (Lipinski definition) is 3. The number of para-hydroxylation sites is 4. The van der Waals surface area contributed by atoms with Crippen molar-refractivity contribution < 1.29 is 5.48 Å². The first-order valence-corrected chi connectivity index (χ1v) is 27.2. The first kappa shape index (κ1) is 42.1. The Morgan fingerprint density at radius 2 is 0.593 bits per heavy atom. The molecule has 6 nitrogen and oxygen atoms in total. The first-order chi connectivity index (χ1) is 41.8. The summed E-state index contributed by atoms with van der Waals surface area (Å²) in [6, 6.07) is 91.7. The average Bonchev–Trinajstić information content (AvgIpc) is 1.94. The number of aromatic nitrogens is 6. The van der Waals surface area contributed by atoms with Gasteiger partial charge in [0, 0.05) is 43.4 Å². The summed E-state index contributed by atoms with van der Waals surface area (Å²) in [6.07, 6.45) is 0. The maximum Gasteiger partial charge on any atom is 0.238 e. The van der Waals surface area contributed by atoms with Gasteiger partial charge in [-0.15, -0.1) is 0 Å². The highest BCUT2D eigenvalue weighted by atomic mass is 15.2. The maximum absolute atomic E-state index is 9.54. The van der Waals surface area contributed by atoms with Gasteiger partial charge in [0.1, 0.15) is 0 Å². The van der Waals surface area contributed by atoms with Gasteiger partial charge in [0.25, 0.3) is 0 Å². The van der Waals surface area contributed by atoms with Crippen molar-refractivity contribution in [1.29, 1.82) is 0 Å². The third kappa shape index (κ3) is 7.68. The molecule has 4 aromatic heterocycles. The van der Waals surface area contributed by atoms with Crippen LogP contribution in [0.5, 0.6) is 0 Å². The second-order valence-electron chi connectivity index (χ2n) is 20.5. The van der Waals surface area contributed by atoms with Gasteiger partial charge in [-0.25, -0.2) is 4.98 Å². The van der Waals surface area contributed by atoms with Crippen LogP contribution in [0.15, 0.2) is 291 Å². The van der Waals surface area contributed by atoms with Crippen LogP contribution in [0.25, 0.3) is 150 Å².